The molecule has 0 radical (unpaired) electrons. The maximum absolute atomic E-state index is 12.1. The summed E-state index contributed by atoms with van der Waals surface area (Å²) >= 11 is 0. The van der Waals surface area contributed by atoms with Crippen LogP contribution in [0.5, 0.6) is 5.88 Å². The number of hydrogen-bond acceptors (Lipinski definition) is 4. The Kier molecular flexibility index (Phi) is 6.23. The van der Waals surface area contributed by atoms with Gasteiger partial charge in [0.15, 0.2) is 6.61 Å². The third-order valence-electron chi connectivity index (χ3n) is 2.28. The minimum Gasteiger partial charge on any atom is -0.467 e. The predicted molar refractivity (Wildman–Crippen MR) is 66.7 cm³/mol. The van der Waals surface area contributed by atoms with Gasteiger partial charge in [0.1, 0.15) is 5.56 Å². The molecule has 0 bridgehead atoms. The number of carbonyl (C=O) groups excluding carboxylic acids is 1. The molecule has 112 valence electrons. The summed E-state index contributed by atoms with van der Waals surface area (Å²) in [6.07, 6.45) is -2.50. The first-order valence-electron chi connectivity index (χ1n) is 6.01. The number of carbonyl (C=O) groups is 1. The van der Waals surface area contributed by atoms with Crippen molar-refractivity contribution in [3.63, 3.8) is 0 Å². The minimum absolute atomic E-state index is 0.0128. The molecule has 0 saturated heterocycles. The number of ether oxygens (including phenoxy) is 1. The molecule has 0 unspecified atom stereocenters. The Labute approximate surface area is 114 Å². The molecule has 1 aromatic rings. The van der Waals surface area contributed by atoms with Crippen LogP contribution in [0.15, 0.2) is 18.3 Å². The second kappa shape index (κ2) is 7.68. The van der Waals surface area contributed by atoms with Crippen molar-refractivity contribution < 1.29 is 22.7 Å². The average molecular weight is 291 g/mol. The van der Waals surface area contributed by atoms with Crippen LogP contribution in [-0.2, 0) is 0 Å². The SMILES string of the molecule is CNCCCNC(=O)c1cccnc1OCC(F)(F)F. The average Bonchev–Trinajstić information content (AvgIpc) is 2.40. The van der Waals surface area contributed by atoms with Crippen molar-refractivity contribution in [2.24, 2.45) is 0 Å². The molecule has 0 aliphatic heterocycles. The van der Waals surface area contributed by atoms with Crippen LogP contribution in [0.25, 0.3) is 0 Å². The summed E-state index contributed by atoms with van der Waals surface area (Å²) < 4.78 is 40.8. The Balaban J connectivity index is 2.62. The largest absolute Gasteiger partial charge is 0.467 e. The lowest BCUT2D eigenvalue weighted by atomic mass is 10.2. The van der Waals surface area contributed by atoms with Gasteiger partial charge in [-0.25, -0.2) is 4.98 Å². The Bertz CT molecular complexity index is 438. The molecule has 8 heteroatoms. The first-order chi connectivity index (χ1) is 9.44. The van der Waals surface area contributed by atoms with Crippen LogP contribution >= 0.6 is 0 Å². The lowest BCUT2D eigenvalue weighted by Gasteiger charge is -2.12. The summed E-state index contributed by atoms with van der Waals surface area (Å²) in [6.45, 7) is -0.345. The molecule has 2 N–H and O–H groups in total. The fourth-order valence-corrected chi connectivity index (χ4v) is 1.39. The van der Waals surface area contributed by atoms with E-state index in [2.05, 4.69) is 20.4 Å². The molecule has 1 rings (SSSR count). The van der Waals surface area contributed by atoms with Crippen LogP contribution in [-0.4, -0.2) is 43.8 Å². The molecule has 1 amide bonds. The molecular formula is C12H16F3N3O2. The van der Waals surface area contributed by atoms with E-state index in [0.717, 1.165) is 6.54 Å². The quantitative estimate of drug-likeness (QED) is 0.745. The summed E-state index contributed by atoms with van der Waals surface area (Å²) in [4.78, 5) is 15.5. The monoisotopic (exact) mass is 291 g/mol. The van der Waals surface area contributed by atoms with Gasteiger partial charge < -0.3 is 15.4 Å². The first kappa shape index (κ1) is 16.2. The van der Waals surface area contributed by atoms with E-state index in [1.54, 1.807) is 7.05 Å². The number of rotatable bonds is 7. The third-order valence-corrected chi connectivity index (χ3v) is 2.28. The standard InChI is InChI=1S/C12H16F3N3O2/c1-16-5-3-7-17-10(19)9-4-2-6-18-11(9)20-8-12(13,14)15/h2,4,6,16H,3,5,7-8H2,1H3,(H,17,19). The Morgan fingerprint density at radius 2 is 2.15 bits per heavy atom. The second-order valence-corrected chi connectivity index (χ2v) is 3.97. The van der Waals surface area contributed by atoms with Gasteiger partial charge in [-0.2, -0.15) is 13.2 Å². The van der Waals surface area contributed by atoms with Gasteiger partial charge in [0.25, 0.3) is 5.91 Å². The van der Waals surface area contributed by atoms with Crippen LogP contribution in [0, 0.1) is 0 Å². The van der Waals surface area contributed by atoms with Crippen molar-refractivity contribution in [3.05, 3.63) is 23.9 Å². The molecule has 0 fully saturated rings. The maximum Gasteiger partial charge on any atom is 0.422 e. The van der Waals surface area contributed by atoms with E-state index in [1.807, 2.05) is 0 Å². The maximum atomic E-state index is 12.1. The van der Waals surface area contributed by atoms with Gasteiger partial charge in [-0.3, -0.25) is 4.79 Å². The minimum atomic E-state index is -4.47. The molecule has 0 saturated carbocycles. The van der Waals surface area contributed by atoms with E-state index < -0.39 is 18.7 Å². The summed E-state index contributed by atoms with van der Waals surface area (Å²) in [6, 6.07) is 2.83. The zero-order valence-corrected chi connectivity index (χ0v) is 11.0. The number of alkyl halides is 3. The number of nitrogens with zero attached hydrogens (tertiary/aromatic N) is 1. The van der Waals surface area contributed by atoms with Crippen molar-refractivity contribution in [3.8, 4) is 5.88 Å². The highest BCUT2D eigenvalue weighted by Crippen LogP contribution is 2.19. The lowest BCUT2D eigenvalue weighted by Crippen LogP contribution is -2.28. The molecule has 1 aromatic heterocycles. The molecule has 0 atom stereocenters. The van der Waals surface area contributed by atoms with E-state index in [4.69, 9.17) is 0 Å². The fraction of sp³-hybridized carbons (Fsp3) is 0.500. The topological polar surface area (TPSA) is 63.2 Å². The fourth-order valence-electron chi connectivity index (χ4n) is 1.39. The van der Waals surface area contributed by atoms with Gasteiger partial charge in [0, 0.05) is 12.7 Å². The van der Waals surface area contributed by atoms with Crippen molar-refractivity contribution in [1.82, 2.24) is 15.6 Å². The normalized spacial score (nSPS) is 11.2. The van der Waals surface area contributed by atoms with Gasteiger partial charge in [-0.1, -0.05) is 0 Å². The summed E-state index contributed by atoms with van der Waals surface area (Å²) in [5.41, 5.74) is -0.0128. The molecule has 0 aliphatic rings. The molecule has 1 heterocycles. The van der Waals surface area contributed by atoms with Gasteiger partial charge in [-0.05, 0) is 32.1 Å². The molecule has 0 aromatic carbocycles. The zero-order valence-electron chi connectivity index (χ0n) is 11.0. The van der Waals surface area contributed by atoms with Crippen molar-refractivity contribution in [2.75, 3.05) is 26.7 Å². The van der Waals surface area contributed by atoms with Crippen molar-refractivity contribution >= 4 is 5.91 Å². The smallest absolute Gasteiger partial charge is 0.422 e. The van der Waals surface area contributed by atoms with Crippen LogP contribution in [0.1, 0.15) is 16.8 Å². The number of amides is 1. The lowest BCUT2D eigenvalue weighted by molar-refractivity contribution is -0.154. The summed E-state index contributed by atoms with van der Waals surface area (Å²) in [5, 5.41) is 5.51. The van der Waals surface area contributed by atoms with Gasteiger partial charge in [-0.15, -0.1) is 0 Å². The van der Waals surface area contributed by atoms with E-state index in [0.29, 0.717) is 13.0 Å². The van der Waals surface area contributed by atoms with E-state index in [-0.39, 0.29) is 11.4 Å². The molecule has 5 nitrogen and oxygen atoms in total. The summed E-state index contributed by atoms with van der Waals surface area (Å²) in [5.74, 6) is -0.831. The Hall–Kier alpha value is -1.83. The third kappa shape index (κ3) is 5.87. The van der Waals surface area contributed by atoms with Gasteiger partial charge in [0.2, 0.25) is 5.88 Å². The van der Waals surface area contributed by atoms with Crippen molar-refractivity contribution in [1.29, 1.82) is 0 Å². The van der Waals surface area contributed by atoms with Crippen molar-refractivity contribution in [2.45, 2.75) is 12.6 Å². The van der Waals surface area contributed by atoms with Crippen LogP contribution < -0.4 is 15.4 Å². The van der Waals surface area contributed by atoms with Crippen LogP contribution in [0.2, 0.25) is 0 Å². The number of nitrogens with one attached hydrogen (secondary N) is 2. The van der Waals surface area contributed by atoms with Crippen LogP contribution in [0.4, 0.5) is 13.2 Å². The number of pyridine rings is 1. The van der Waals surface area contributed by atoms with Crippen LogP contribution in [0.3, 0.4) is 0 Å². The number of halogens is 3. The highest BCUT2D eigenvalue weighted by Gasteiger charge is 2.29. The van der Waals surface area contributed by atoms with E-state index in [1.165, 1.54) is 18.3 Å². The molecule has 0 spiro atoms. The summed E-state index contributed by atoms with van der Waals surface area (Å²) in [7, 11) is 1.78. The number of hydrogen-bond donors (Lipinski definition) is 2. The molecular weight excluding hydrogens is 275 g/mol. The van der Waals surface area contributed by atoms with Gasteiger partial charge in [0.05, 0.1) is 0 Å². The zero-order chi connectivity index (χ0) is 15.0. The highest BCUT2D eigenvalue weighted by atomic mass is 19.4. The van der Waals surface area contributed by atoms with E-state index in [9.17, 15) is 18.0 Å². The Morgan fingerprint density at radius 1 is 1.40 bits per heavy atom. The predicted octanol–water partition coefficient (Wildman–Crippen LogP) is 1.36. The Morgan fingerprint density at radius 3 is 2.80 bits per heavy atom. The molecule has 20 heavy (non-hydrogen) atoms. The number of aromatic nitrogens is 1. The van der Waals surface area contributed by atoms with E-state index >= 15 is 0 Å². The molecule has 0 aliphatic carbocycles. The van der Waals surface area contributed by atoms with Gasteiger partial charge >= 0.3 is 6.18 Å². The first-order valence-corrected chi connectivity index (χ1v) is 6.01. The highest BCUT2D eigenvalue weighted by molar-refractivity contribution is 5.96. The second-order valence-electron chi connectivity index (χ2n) is 3.97.